The van der Waals surface area contributed by atoms with Crippen molar-refractivity contribution in [1.82, 2.24) is 30.3 Å². The molecule has 3 aromatic rings. The first-order valence-corrected chi connectivity index (χ1v) is 10.3. The third kappa shape index (κ3) is 3.42. The van der Waals surface area contributed by atoms with Crippen molar-refractivity contribution in [2.45, 2.75) is 50.3 Å². The van der Waals surface area contributed by atoms with Crippen LogP contribution in [0.25, 0.3) is 11.4 Å². The van der Waals surface area contributed by atoms with Crippen LogP contribution in [-0.4, -0.2) is 54.0 Å². The van der Waals surface area contributed by atoms with E-state index in [1.54, 1.807) is 30.0 Å². The number of aryl methyl sites for hydroxylation is 1. The molecule has 3 N–H and O–H groups in total. The zero-order valence-corrected chi connectivity index (χ0v) is 17.5. The normalized spacial score (nSPS) is 26.6. The lowest BCUT2D eigenvalue weighted by Gasteiger charge is -2.63. The highest BCUT2D eigenvalue weighted by molar-refractivity contribution is 6.33. The van der Waals surface area contributed by atoms with Crippen LogP contribution in [0.1, 0.15) is 31.0 Å². The standard InChI is InChI=1S/C19H19ClF3N7O2/c1-9-27-29-16(32-9)18-6-10(19(21,22)23)4-12(7-18)30(18)17(31)26-11-2-3-14(20)13(5-11)15-24-8-25-28-15/h2-3,5,8,10,12,17,26,31H,4,6-7H2,1H3,(H,24,25,28)/t10-,12?,17?,18?/m1/s1. The average molecular weight is 470 g/mol. The fourth-order valence-electron chi connectivity index (χ4n) is 4.84. The number of hydrogen-bond donors (Lipinski definition) is 3. The number of alkyl halides is 3. The van der Waals surface area contributed by atoms with Crippen molar-refractivity contribution in [2.24, 2.45) is 5.92 Å². The van der Waals surface area contributed by atoms with E-state index in [4.69, 9.17) is 16.0 Å². The number of benzene rings is 1. The van der Waals surface area contributed by atoms with Crippen LogP contribution in [0.3, 0.4) is 0 Å². The fraction of sp³-hybridized carbons (Fsp3) is 0.474. The number of aromatic amines is 1. The van der Waals surface area contributed by atoms with Crippen molar-refractivity contribution in [1.29, 1.82) is 0 Å². The van der Waals surface area contributed by atoms with Gasteiger partial charge in [0, 0.05) is 24.2 Å². The lowest BCUT2D eigenvalue weighted by Crippen LogP contribution is -2.73. The summed E-state index contributed by atoms with van der Waals surface area (Å²) in [5.41, 5.74) is -0.135. The van der Waals surface area contributed by atoms with E-state index in [1.165, 1.54) is 6.33 Å². The number of piperidine rings is 1. The molecule has 32 heavy (non-hydrogen) atoms. The Kier molecular flexibility index (Phi) is 4.91. The lowest BCUT2D eigenvalue weighted by molar-refractivity contribution is -0.267. The Morgan fingerprint density at radius 3 is 2.81 bits per heavy atom. The summed E-state index contributed by atoms with van der Waals surface area (Å²) in [5.74, 6) is -0.728. The number of aliphatic hydroxyl groups excluding tert-OH is 1. The first kappa shape index (κ1) is 21.2. The Hall–Kier alpha value is -2.70. The molecular weight excluding hydrogens is 451 g/mol. The predicted molar refractivity (Wildman–Crippen MR) is 106 cm³/mol. The van der Waals surface area contributed by atoms with Crippen molar-refractivity contribution < 1.29 is 22.7 Å². The Morgan fingerprint density at radius 2 is 2.16 bits per heavy atom. The maximum Gasteiger partial charge on any atom is 0.391 e. The molecule has 2 aromatic heterocycles. The maximum atomic E-state index is 13.5. The third-order valence-electron chi connectivity index (χ3n) is 6.18. The Morgan fingerprint density at radius 1 is 1.34 bits per heavy atom. The van der Waals surface area contributed by atoms with E-state index >= 15 is 0 Å². The van der Waals surface area contributed by atoms with E-state index in [-0.39, 0.29) is 24.6 Å². The van der Waals surface area contributed by atoms with Crippen LogP contribution in [-0.2, 0) is 5.54 Å². The molecular formula is C19H19ClF3N7O2. The van der Waals surface area contributed by atoms with Crippen molar-refractivity contribution in [3.05, 3.63) is 41.3 Å². The van der Waals surface area contributed by atoms with Gasteiger partial charge in [0.15, 0.2) is 12.2 Å². The molecule has 1 aliphatic heterocycles. The molecule has 3 unspecified atom stereocenters. The fourth-order valence-corrected chi connectivity index (χ4v) is 5.05. The highest BCUT2D eigenvalue weighted by Crippen LogP contribution is 2.59. The number of aliphatic hydroxyl groups is 1. The van der Waals surface area contributed by atoms with E-state index in [2.05, 4.69) is 30.7 Å². The molecule has 2 bridgehead atoms. The van der Waals surface area contributed by atoms with Crippen LogP contribution >= 0.6 is 11.6 Å². The summed E-state index contributed by atoms with van der Waals surface area (Å²) in [5, 5.41) is 28.7. The van der Waals surface area contributed by atoms with Crippen molar-refractivity contribution in [2.75, 3.05) is 5.32 Å². The molecule has 1 aliphatic carbocycles. The summed E-state index contributed by atoms with van der Waals surface area (Å²) in [4.78, 5) is 5.66. The molecule has 2 aliphatic rings. The number of aromatic nitrogens is 5. The smallest absolute Gasteiger partial charge is 0.391 e. The number of anilines is 1. The van der Waals surface area contributed by atoms with Crippen molar-refractivity contribution >= 4 is 17.3 Å². The summed E-state index contributed by atoms with van der Waals surface area (Å²) >= 11 is 6.24. The largest absolute Gasteiger partial charge is 0.424 e. The van der Waals surface area contributed by atoms with Crippen LogP contribution in [0.4, 0.5) is 18.9 Å². The quantitative estimate of drug-likeness (QED) is 0.487. The topological polar surface area (TPSA) is 116 Å². The summed E-state index contributed by atoms with van der Waals surface area (Å²) in [6.07, 6.45) is -4.28. The molecule has 3 heterocycles. The molecule has 0 amide bonds. The predicted octanol–water partition coefficient (Wildman–Crippen LogP) is 3.45. The monoisotopic (exact) mass is 469 g/mol. The third-order valence-corrected chi connectivity index (χ3v) is 6.51. The molecule has 170 valence electrons. The second kappa shape index (κ2) is 7.42. The van der Waals surface area contributed by atoms with Crippen molar-refractivity contribution in [3.63, 3.8) is 0 Å². The summed E-state index contributed by atoms with van der Waals surface area (Å²) in [7, 11) is 0. The zero-order chi connectivity index (χ0) is 22.7. The molecule has 9 nitrogen and oxygen atoms in total. The molecule has 4 atom stereocenters. The first-order chi connectivity index (χ1) is 15.2. The van der Waals surface area contributed by atoms with E-state index in [1.807, 2.05) is 0 Å². The van der Waals surface area contributed by atoms with E-state index in [0.29, 0.717) is 28.5 Å². The van der Waals surface area contributed by atoms with Gasteiger partial charge in [-0.2, -0.15) is 18.3 Å². The van der Waals surface area contributed by atoms with Gasteiger partial charge >= 0.3 is 6.18 Å². The summed E-state index contributed by atoms with van der Waals surface area (Å²) < 4.78 is 46.1. The molecule has 1 saturated heterocycles. The van der Waals surface area contributed by atoms with E-state index in [9.17, 15) is 18.3 Å². The second-order valence-electron chi connectivity index (χ2n) is 8.15. The average Bonchev–Trinajstić information content (AvgIpc) is 3.40. The summed E-state index contributed by atoms with van der Waals surface area (Å²) in [6.45, 7) is 1.57. The highest BCUT2D eigenvalue weighted by Gasteiger charge is 2.66. The van der Waals surface area contributed by atoms with Crippen molar-refractivity contribution in [3.8, 4) is 11.4 Å². The first-order valence-electron chi connectivity index (χ1n) is 9.93. The summed E-state index contributed by atoms with van der Waals surface area (Å²) in [6, 6.07) is 4.46. The molecule has 0 radical (unpaired) electrons. The molecule has 0 spiro atoms. The molecule has 13 heteroatoms. The maximum absolute atomic E-state index is 13.5. The van der Waals surface area contributed by atoms with Gasteiger partial charge in [-0.1, -0.05) is 11.6 Å². The minimum atomic E-state index is -4.34. The number of likely N-dealkylation sites (tertiary alicyclic amines) is 1. The van der Waals surface area contributed by atoms with Gasteiger partial charge in [-0.3, -0.25) is 5.10 Å². The number of hydrogen-bond acceptors (Lipinski definition) is 8. The molecule has 1 saturated carbocycles. The zero-order valence-electron chi connectivity index (χ0n) is 16.8. The van der Waals surface area contributed by atoms with Gasteiger partial charge in [0.05, 0.1) is 10.9 Å². The van der Waals surface area contributed by atoms with Gasteiger partial charge in [0.2, 0.25) is 11.8 Å². The van der Waals surface area contributed by atoms with Gasteiger partial charge < -0.3 is 14.8 Å². The number of halogens is 4. The van der Waals surface area contributed by atoms with Gasteiger partial charge in [-0.05, 0) is 37.5 Å². The molecule has 2 fully saturated rings. The number of H-pyrrole nitrogens is 1. The van der Waals surface area contributed by atoms with Crippen LogP contribution < -0.4 is 5.32 Å². The Bertz CT molecular complexity index is 1120. The minimum absolute atomic E-state index is 0.0829. The Labute approximate surface area is 185 Å². The van der Waals surface area contributed by atoms with Gasteiger partial charge in [0.1, 0.15) is 11.9 Å². The van der Waals surface area contributed by atoms with Gasteiger partial charge in [-0.15, -0.1) is 10.2 Å². The van der Waals surface area contributed by atoms with Crippen LogP contribution in [0.5, 0.6) is 0 Å². The Balaban J connectivity index is 1.43. The minimum Gasteiger partial charge on any atom is -0.424 e. The van der Waals surface area contributed by atoms with E-state index < -0.39 is 30.0 Å². The number of rotatable bonds is 5. The van der Waals surface area contributed by atoms with E-state index in [0.717, 1.165) is 0 Å². The number of nitrogens with one attached hydrogen (secondary N) is 2. The number of nitrogens with zero attached hydrogens (tertiary/aromatic N) is 5. The van der Waals surface area contributed by atoms with Gasteiger partial charge in [0.25, 0.3) is 0 Å². The van der Waals surface area contributed by atoms with Crippen LogP contribution in [0, 0.1) is 12.8 Å². The highest BCUT2D eigenvalue weighted by atomic mass is 35.5. The van der Waals surface area contributed by atoms with Gasteiger partial charge in [-0.25, -0.2) is 9.88 Å². The van der Waals surface area contributed by atoms with Crippen LogP contribution in [0.2, 0.25) is 5.02 Å². The molecule has 5 rings (SSSR count). The number of fused-ring (bicyclic) bond motifs is 2. The molecule has 1 aromatic carbocycles. The lowest BCUT2D eigenvalue weighted by atomic mass is 9.63. The van der Waals surface area contributed by atoms with Crippen LogP contribution in [0.15, 0.2) is 28.9 Å². The SMILES string of the molecule is Cc1nnc(C23CC(C[C@@H](C(F)(F)F)C2)N3C(O)Nc2ccc(Cl)c(-c3ncn[nH]3)c2)o1. The second-order valence-corrected chi connectivity index (χ2v) is 8.56.